The van der Waals surface area contributed by atoms with Crippen LogP contribution in [0.25, 0.3) is 34.2 Å². The Morgan fingerprint density at radius 1 is 0.606 bits per heavy atom. The molecule has 0 aliphatic rings. The number of hydrogen-bond acceptors (Lipinski definition) is 6. The second-order valence-electron chi connectivity index (χ2n) is 8.18. The van der Waals surface area contributed by atoms with Gasteiger partial charge < -0.3 is 5.11 Å². The van der Waals surface area contributed by atoms with Crippen molar-refractivity contribution in [3.63, 3.8) is 0 Å². The third-order valence-electron chi connectivity index (χ3n) is 5.58. The van der Waals surface area contributed by atoms with Crippen molar-refractivity contribution in [1.82, 2.24) is 15.0 Å². The Morgan fingerprint density at radius 2 is 1.03 bits per heavy atom. The number of aryl methyl sites for hydroxylation is 4. The van der Waals surface area contributed by atoms with Crippen molar-refractivity contribution in [2.24, 2.45) is 0 Å². The molecule has 4 aromatic rings. The van der Waals surface area contributed by atoms with Crippen LogP contribution in [0.5, 0.6) is 5.75 Å². The molecule has 33 heavy (non-hydrogen) atoms. The second kappa shape index (κ2) is 8.74. The van der Waals surface area contributed by atoms with Gasteiger partial charge in [0.05, 0.1) is 5.56 Å². The summed E-state index contributed by atoms with van der Waals surface area (Å²) in [5, 5.41) is 10.6. The van der Waals surface area contributed by atoms with Gasteiger partial charge in [-0.1, -0.05) is 47.5 Å². The molecular formula is C27H23N3O3. The van der Waals surface area contributed by atoms with Crippen molar-refractivity contribution in [2.45, 2.75) is 27.7 Å². The summed E-state index contributed by atoms with van der Waals surface area (Å²) in [5.41, 5.74) is 6.45. The quantitative estimate of drug-likeness (QED) is 0.418. The molecule has 1 N–H and O–H groups in total. The molecule has 6 nitrogen and oxygen atoms in total. The van der Waals surface area contributed by atoms with Crippen molar-refractivity contribution < 1.29 is 14.7 Å². The molecule has 164 valence electrons. The number of aromatic hydroxyl groups is 1. The summed E-state index contributed by atoms with van der Waals surface area (Å²) < 4.78 is 0. The summed E-state index contributed by atoms with van der Waals surface area (Å²) in [6.07, 6.45) is 1.10. The molecule has 0 fully saturated rings. The standard InChI is InChI=1S/C27H23N3O3/c1-15-5-7-21(17(3)9-15)25-28-26(22-8-6-16(2)10-18(22)4)30-27(29-25)23-11-19(13-31)20(14-32)12-24(23)33/h5-14,33H,1-4H3. The molecule has 0 radical (unpaired) electrons. The number of nitrogens with zero attached hydrogens (tertiary/aromatic N) is 3. The van der Waals surface area contributed by atoms with Gasteiger partial charge in [-0.2, -0.15) is 0 Å². The maximum Gasteiger partial charge on any atom is 0.167 e. The minimum atomic E-state index is -0.188. The molecule has 1 aromatic heterocycles. The first kappa shape index (κ1) is 22.0. The van der Waals surface area contributed by atoms with Gasteiger partial charge in [0.15, 0.2) is 30.0 Å². The zero-order valence-electron chi connectivity index (χ0n) is 18.9. The number of carbonyl (C=O) groups excluding carboxylic acids is 2. The first-order valence-corrected chi connectivity index (χ1v) is 10.5. The van der Waals surface area contributed by atoms with Crippen LogP contribution >= 0.6 is 0 Å². The number of hydrogen-bond donors (Lipinski definition) is 1. The van der Waals surface area contributed by atoms with Gasteiger partial charge in [-0.3, -0.25) is 9.59 Å². The first-order valence-electron chi connectivity index (χ1n) is 10.5. The maximum absolute atomic E-state index is 11.5. The summed E-state index contributed by atoms with van der Waals surface area (Å²) in [5.74, 6) is 0.943. The van der Waals surface area contributed by atoms with Crippen LogP contribution in [-0.2, 0) is 0 Å². The third kappa shape index (κ3) is 4.28. The molecule has 1 heterocycles. The number of phenolic OH excluding ortho intramolecular Hbond substituents is 1. The highest BCUT2D eigenvalue weighted by molar-refractivity contribution is 5.93. The predicted molar refractivity (Wildman–Crippen MR) is 128 cm³/mol. The van der Waals surface area contributed by atoms with E-state index in [2.05, 4.69) is 22.1 Å². The zero-order valence-corrected chi connectivity index (χ0v) is 18.9. The van der Waals surface area contributed by atoms with Crippen LogP contribution in [0, 0.1) is 27.7 Å². The van der Waals surface area contributed by atoms with Crippen LogP contribution in [0.4, 0.5) is 0 Å². The van der Waals surface area contributed by atoms with Crippen LogP contribution in [0.15, 0.2) is 48.5 Å². The number of benzene rings is 3. The Morgan fingerprint density at radius 3 is 1.45 bits per heavy atom. The Bertz CT molecular complexity index is 1340. The Balaban J connectivity index is 2.01. The molecular weight excluding hydrogens is 414 g/mol. The average Bonchev–Trinajstić information content (AvgIpc) is 2.78. The van der Waals surface area contributed by atoms with Crippen LogP contribution in [0.3, 0.4) is 0 Å². The van der Waals surface area contributed by atoms with E-state index in [1.165, 1.54) is 12.1 Å². The van der Waals surface area contributed by atoms with Crippen LogP contribution in [0.1, 0.15) is 43.0 Å². The van der Waals surface area contributed by atoms with Gasteiger partial charge in [0.1, 0.15) is 5.75 Å². The predicted octanol–water partition coefficient (Wildman–Crippen LogP) is 5.44. The van der Waals surface area contributed by atoms with Gasteiger partial charge >= 0.3 is 0 Å². The van der Waals surface area contributed by atoms with E-state index < -0.39 is 0 Å². The van der Waals surface area contributed by atoms with Gasteiger partial charge in [-0.05, 0) is 51.0 Å². The number of phenols is 1. The van der Waals surface area contributed by atoms with Crippen molar-refractivity contribution >= 4 is 12.6 Å². The Hall–Kier alpha value is -4.19. The molecule has 0 bridgehead atoms. The Kier molecular flexibility index (Phi) is 5.84. The second-order valence-corrected chi connectivity index (χ2v) is 8.18. The monoisotopic (exact) mass is 437 g/mol. The third-order valence-corrected chi connectivity index (χ3v) is 5.58. The summed E-state index contributed by atoms with van der Waals surface area (Å²) in [7, 11) is 0. The van der Waals surface area contributed by atoms with E-state index in [9.17, 15) is 14.7 Å². The van der Waals surface area contributed by atoms with E-state index in [0.717, 1.165) is 33.4 Å². The van der Waals surface area contributed by atoms with Crippen molar-refractivity contribution in [3.05, 3.63) is 81.9 Å². The van der Waals surface area contributed by atoms with E-state index >= 15 is 0 Å². The summed E-state index contributed by atoms with van der Waals surface area (Å²) in [6.45, 7) is 8.02. The minimum Gasteiger partial charge on any atom is -0.507 e. The van der Waals surface area contributed by atoms with Gasteiger partial charge in [0, 0.05) is 22.3 Å². The number of carbonyl (C=O) groups is 2. The fourth-order valence-electron chi connectivity index (χ4n) is 3.87. The van der Waals surface area contributed by atoms with E-state index in [4.69, 9.17) is 4.98 Å². The van der Waals surface area contributed by atoms with Gasteiger partial charge in [-0.25, -0.2) is 15.0 Å². The zero-order chi connectivity index (χ0) is 23.7. The van der Waals surface area contributed by atoms with Gasteiger partial charge in [0.25, 0.3) is 0 Å². The van der Waals surface area contributed by atoms with Gasteiger partial charge in [0.2, 0.25) is 0 Å². The smallest absolute Gasteiger partial charge is 0.167 e. The molecule has 6 heteroatoms. The van der Waals surface area contributed by atoms with Crippen LogP contribution < -0.4 is 0 Å². The molecule has 0 saturated carbocycles. The number of aldehydes is 2. The normalized spacial score (nSPS) is 10.8. The molecule has 0 aliphatic carbocycles. The number of rotatable bonds is 5. The molecule has 0 amide bonds. The van der Waals surface area contributed by atoms with Crippen LogP contribution in [0.2, 0.25) is 0 Å². The Labute approximate surface area is 192 Å². The molecule has 0 aliphatic heterocycles. The lowest BCUT2D eigenvalue weighted by Gasteiger charge is -2.13. The number of aromatic nitrogens is 3. The lowest BCUT2D eigenvalue weighted by molar-refractivity contribution is 0.109. The first-order chi connectivity index (χ1) is 15.8. The lowest BCUT2D eigenvalue weighted by atomic mass is 10.0. The van der Waals surface area contributed by atoms with E-state index in [-0.39, 0.29) is 28.3 Å². The summed E-state index contributed by atoms with van der Waals surface area (Å²) >= 11 is 0. The average molecular weight is 437 g/mol. The highest BCUT2D eigenvalue weighted by atomic mass is 16.3. The topological polar surface area (TPSA) is 93.0 Å². The van der Waals surface area contributed by atoms with E-state index in [1.807, 2.05) is 52.0 Å². The van der Waals surface area contributed by atoms with Crippen molar-refractivity contribution in [3.8, 4) is 39.9 Å². The molecule has 0 spiro atoms. The lowest BCUT2D eigenvalue weighted by Crippen LogP contribution is -2.03. The summed E-state index contributed by atoms with van der Waals surface area (Å²) in [6, 6.07) is 14.7. The highest BCUT2D eigenvalue weighted by Gasteiger charge is 2.18. The molecule has 0 unspecified atom stereocenters. The van der Waals surface area contributed by atoms with Crippen LogP contribution in [-0.4, -0.2) is 32.6 Å². The minimum absolute atomic E-state index is 0.101. The largest absolute Gasteiger partial charge is 0.507 e. The fraction of sp³-hybridized carbons (Fsp3) is 0.148. The SMILES string of the molecule is Cc1ccc(-c2nc(-c3ccc(C)cc3C)nc(-c3cc(C=O)c(C=O)cc3O)n2)c(C)c1. The molecule has 0 atom stereocenters. The van der Waals surface area contributed by atoms with Crippen molar-refractivity contribution in [2.75, 3.05) is 0 Å². The van der Waals surface area contributed by atoms with E-state index in [1.54, 1.807) is 0 Å². The molecule has 0 saturated heterocycles. The summed E-state index contributed by atoms with van der Waals surface area (Å²) in [4.78, 5) is 36.8. The fourth-order valence-corrected chi connectivity index (χ4v) is 3.87. The van der Waals surface area contributed by atoms with Gasteiger partial charge in [-0.15, -0.1) is 0 Å². The maximum atomic E-state index is 11.5. The molecule has 3 aromatic carbocycles. The highest BCUT2D eigenvalue weighted by Crippen LogP contribution is 2.33. The van der Waals surface area contributed by atoms with Crippen molar-refractivity contribution in [1.29, 1.82) is 0 Å². The molecule has 4 rings (SSSR count). The van der Waals surface area contributed by atoms with E-state index in [0.29, 0.717) is 24.2 Å².